The highest BCUT2D eigenvalue weighted by Gasteiger charge is 2.60. The Balaban J connectivity index is 1.36. The molecule has 4 N–H and O–H groups in total. The van der Waals surface area contributed by atoms with Gasteiger partial charge in [0.15, 0.2) is 5.82 Å². The fourth-order valence-electron chi connectivity index (χ4n) is 6.37. The van der Waals surface area contributed by atoms with Gasteiger partial charge in [0.25, 0.3) is 0 Å². The number of benzene rings is 1. The minimum Gasteiger partial charge on any atom is -0.495 e. The van der Waals surface area contributed by atoms with E-state index in [0.717, 1.165) is 32.1 Å². The average Bonchev–Trinajstić information content (AvgIpc) is 2.75. The van der Waals surface area contributed by atoms with E-state index in [9.17, 15) is 14.3 Å². The molecule has 0 spiro atoms. The lowest BCUT2D eigenvalue weighted by atomic mass is 9.47. The van der Waals surface area contributed by atoms with Gasteiger partial charge in [0, 0.05) is 13.1 Å². The van der Waals surface area contributed by atoms with Crippen LogP contribution in [-0.2, 0) is 4.79 Å². The van der Waals surface area contributed by atoms with Crippen molar-refractivity contribution in [2.24, 2.45) is 17.3 Å². The molecular weight excluding hydrogens is 493 g/mol. The summed E-state index contributed by atoms with van der Waals surface area (Å²) in [5.41, 5.74) is -0.414. The van der Waals surface area contributed by atoms with Crippen molar-refractivity contribution >= 4 is 45.0 Å². The van der Waals surface area contributed by atoms with Gasteiger partial charge in [0.05, 0.1) is 34.5 Å². The summed E-state index contributed by atoms with van der Waals surface area (Å²) in [5.74, 6) is 1.38. The average molecular weight is 520 g/mol. The number of anilines is 4. The Morgan fingerprint density at radius 2 is 1.97 bits per heavy atom. The van der Waals surface area contributed by atoms with Gasteiger partial charge >= 0.3 is 0 Å². The van der Waals surface area contributed by atoms with Crippen LogP contribution in [0.3, 0.4) is 0 Å². The lowest BCUT2D eigenvalue weighted by Gasteiger charge is -2.59. The van der Waals surface area contributed by atoms with Crippen LogP contribution >= 0.6 is 15.9 Å². The van der Waals surface area contributed by atoms with Crippen molar-refractivity contribution in [1.29, 1.82) is 0 Å². The van der Waals surface area contributed by atoms with E-state index in [1.807, 2.05) is 0 Å². The molecule has 1 amide bonds. The van der Waals surface area contributed by atoms with Gasteiger partial charge in [-0.15, -0.1) is 0 Å². The molecule has 4 aliphatic rings. The SMILES string of the molecule is CNc1nc(Nc2cc(F)c(Br)cc2OC)ncc1NC(=O)C12CC3CC(CC(O)(C3)C1)C2. The smallest absolute Gasteiger partial charge is 0.230 e. The Bertz CT molecular complexity index is 1100. The van der Waals surface area contributed by atoms with Gasteiger partial charge in [-0.25, -0.2) is 9.37 Å². The number of aromatic nitrogens is 2. The lowest BCUT2D eigenvalue weighted by Crippen LogP contribution is -2.59. The Morgan fingerprint density at radius 3 is 2.61 bits per heavy atom. The second-order valence-electron chi connectivity index (χ2n) is 9.72. The summed E-state index contributed by atoms with van der Waals surface area (Å²) in [7, 11) is 3.19. The molecule has 10 heteroatoms. The molecule has 0 aliphatic heterocycles. The first-order valence-corrected chi connectivity index (χ1v) is 11.9. The van der Waals surface area contributed by atoms with Gasteiger partial charge in [-0.1, -0.05) is 0 Å². The molecule has 2 aromatic rings. The molecule has 2 atom stereocenters. The number of halogens is 2. The first-order valence-electron chi connectivity index (χ1n) is 11.1. The first kappa shape index (κ1) is 22.3. The van der Waals surface area contributed by atoms with Crippen LogP contribution in [0.15, 0.2) is 22.8 Å². The number of nitrogens with one attached hydrogen (secondary N) is 3. The van der Waals surface area contributed by atoms with Crippen molar-refractivity contribution in [3.8, 4) is 5.75 Å². The number of hydrogen-bond donors (Lipinski definition) is 4. The molecule has 33 heavy (non-hydrogen) atoms. The van der Waals surface area contributed by atoms with Crippen LogP contribution in [0.4, 0.5) is 27.5 Å². The maximum atomic E-state index is 14.0. The Labute approximate surface area is 199 Å². The summed E-state index contributed by atoms with van der Waals surface area (Å²) < 4.78 is 19.6. The number of carbonyl (C=O) groups excluding carboxylic acids is 1. The Hall–Kier alpha value is -2.46. The van der Waals surface area contributed by atoms with Crippen LogP contribution in [-0.4, -0.2) is 40.7 Å². The first-order chi connectivity index (χ1) is 15.7. The number of aliphatic hydroxyl groups is 1. The molecular formula is C23H27BrFN5O3. The zero-order valence-corrected chi connectivity index (χ0v) is 20.1. The maximum absolute atomic E-state index is 14.0. The predicted molar refractivity (Wildman–Crippen MR) is 126 cm³/mol. The standard InChI is InChI=1S/C23H27BrFN5O3/c1-26-19-17(10-27-21(30-19)29-16-5-15(25)14(24)4-18(16)33-2)28-20(31)22-6-12-3-13(7-22)9-23(32,8-12)11-22/h4-5,10,12-13,32H,3,6-9,11H2,1-2H3,(H,28,31)(H2,26,27,29,30). The number of ether oxygens (including phenoxy) is 1. The van der Waals surface area contributed by atoms with Gasteiger partial charge in [0.2, 0.25) is 11.9 Å². The topological polar surface area (TPSA) is 108 Å². The third-order valence-electron chi connectivity index (χ3n) is 7.27. The highest BCUT2D eigenvalue weighted by Crippen LogP contribution is 2.61. The molecule has 1 heterocycles. The fourth-order valence-corrected chi connectivity index (χ4v) is 6.70. The highest BCUT2D eigenvalue weighted by molar-refractivity contribution is 9.10. The monoisotopic (exact) mass is 519 g/mol. The summed E-state index contributed by atoms with van der Waals surface area (Å²) >= 11 is 3.14. The number of nitrogens with zero attached hydrogens (tertiary/aromatic N) is 2. The fraction of sp³-hybridized carbons (Fsp3) is 0.522. The minimum absolute atomic E-state index is 0.0764. The van der Waals surface area contributed by atoms with E-state index in [1.54, 1.807) is 7.05 Å². The lowest BCUT2D eigenvalue weighted by molar-refractivity contribution is -0.174. The normalized spacial score (nSPS) is 29.6. The molecule has 6 rings (SSSR count). The van der Waals surface area contributed by atoms with E-state index >= 15 is 0 Å². The van der Waals surface area contributed by atoms with Crippen LogP contribution in [0.1, 0.15) is 38.5 Å². The van der Waals surface area contributed by atoms with Crippen molar-refractivity contribution in [1.82, 2.24) is 9.97 Å². The molecule has 4 aliphatic carbocycles. The third kappa shape index (κ3) is 4.03. The quantitative estimate of drug-likeness (QED) is 0.446. The molecule has 0 radical (unpaired) electrons. The third-order valence-corrected chi connectivity index (χ3v) is 7.88. The molecule has 8 nitrogen and oxygen atoms in total. The number of amides is 1. The number of hydrogen-bond acceptors (Lipinski definition) is 7. The molecule has 1 aromatic heterocycles. The van der Waals surface area contributed by atoms with Crippen molar-refractivity contribution in [2.45, 2.75) is 44.1 Å². The van der Waals surface area contributed by atoms with Crippen molar-refractivity contribution in [2.75, 3.05) is 30.1 Å². The molecule has 4 bridgehead atoms. The van der Waals surface area contributed by atoms with Gasteiger partial charge in [0.1, 0.15) is 17.3 Å². The highest BCUT2D eigenvalue weighted by atomic mass is 79.9. The summed E-state index contributed by atoms with van der Waals surface area (Å²) in [6.45, 7) is 0. The molecule has 4 fully saturated rings. The molecule has 4 saturated carbocycles. The van der Waals surface area contributed by atoms with E-state index in [0.29, 0.717) is 41.2 Å². The molecule has 1 aromatic carbocycles. The van der Waals surface area contributed by atoms with Crippen LogP contribution in [0.2, 0.25) is 0 Å². The van der Waals surface area contributed by atoms with E-state index < -0.39 is 16.8 Å². The molecule has 0 saturated heterocycles. The largest absolute Gasteiger partial charge is 0.495 e. The van der Waals surface area contributed by atoms with E-state index in [2.05, 4.69) is 41.8 Å². The van der Waals surface area contributed by atoms with Crippen LogP contribution in [0.25, 0.3) is 0 Å². The number of carbonyl (C=O) groups is 1. The van der Waals surface area contributed by atoms with Crippen LogP contribution in [0, 0.1) is 23.1 Å². The second kappa shape index (κ2) is 8.09. The second-order valence-corrected chi connectivity index (χ2v) is 10.6. The molecule has 176 valence electrons. The Kier molecular flexibility index (Phi) is 5.48. The molecule has 2 unspecified atom stereocenters. The minimum atomic E-state index is -0.712. The van der Waals surface area contributed by atoms with Gasteiger partial charge in [-0.3, -0.25) is 4.79 Å². The van der Waals surface area contributed by atoms with E-state index in [4.69, 9.17) is 4.74 Å². The number of methoxy groups -OCH3 is 1. The number of rotatable bonds is 6. The zero-order valence-electron chi connectivity index (χ0n) is 18.5. The van der Waals surface area contributed by atoms with Gasteiger partial charge in [-0.2, -0.15) is 4.98 Å². The van der Waals surface area contributed by atoms with E-state index in [-0.39, 0.29) is 16.3 Å². The summed E-state index contributed by atoms with van der Waals surface area (Å²) in [6, 6.07) is 2.81. The van der Waals surface area contributed by atoms with E-state index in [1.165, 1.54) is 25.4 Å². The summed E-state index contributed by atoms with van der Waals surface area (Å²) in [5, 5.41) is 19.9. The van der Waals surface area contributed by atoms with Crippen molar-refractivity contribution in [3.05, 3.63) is 28.6 Å². The van der Waals surface area contributed by atoms with Gasteiger partial charge in [-0.05, 0) is 72.4 Å². The zero-order chi connectivity index (χ0) is 23.4. The van der Waals surface area contributed by atoms with Crippen molar-refractivity contribution < 1.29 is 19.0 Å². The summed E-state index contributed by atoms with van der Waals surface area (Å²) in [4.78, 5) is 22.2. The van der Waals surface area contributed by atoms with Gasteiger partial charge < -0.3 is 25.8 Å². The van der Waals surface area contributed by atoms with Crippen molar-refractivity contribution in [3.63, 3.8) is 0 Å². The Morgan fingerprint density at radius 1 is 1.24 bits per heavy atom. The summed E-state index contributed by atoms with van der Waals surface area (Å²) in [6.07, 6.45) is 6.42. The van der Waals surface area contributed by atoms with Crippen LogP contribution < -0.4 is 20.7 Å². The predicted octanol–water partition coefficient (Wildman–Crippen LogP) is 4.44. The maximum Gasteiger partial charge on any atom is 0.230 e. The van der Waals surface area contributed by atoms with Crippen LogP contribution in [0.5, 0.6) is 5.75 Å².